The molecule has 1 aromatic carbocycles. The SMILES string of the molecule is CCC(NS(=O)(=O)c1cc(CN)cc(F)c1C)C(C)C. The number of nitrogens with two attached hydrogens (primary N) is 1. The van der Waals surface area contributed by atoms with Crippen LogP contribution in [-0.2, 0) is 16.6 Å². The zero-order chi connectivity index (χ0) is 15.5. The molecule has 0 heterocycles. The summed E-state index contributed by atoms with van der Waals surface area (Å²) in [4.78, 5) is -0.0305. The van der Waals surface area contributed by atoms with Gasteiger partial charge in [0.2, 0.25) is 10.0 Å². The standard InChI is InChI=1S/C14H23FN2O2S/c1-5-13(9(2)3)17-20(18,19)14-7-11(8-16)6-12(15)10(14)4/h6-7,9,13,17H,5,8,16H2,1-4H3. The molecule has 1 rings (SSSR count). The van der Waals surface area contributed by atoms with Crippen molar-refractivity contribution >= 4 is 10.0 Å². The predicted molar refractivity (Wildman–Crippen MR) is 78.3 cm³/mol. The Hall–Kier alpha value is -0.980. The minimum atomic E-state index is -3.75. The molecule has 0 aliphatic carbocycles. The van der Waals surface area contributed by atoms with Crippen LogP contribution in [0.25, 0.3) is 0 Å². The molecule has 0 saturated heterocycles. The molecule has 1 unspecified atom stereocenters. The third-order valence-electron chi connectivity index (χ3n) is 3.43. The minimum absolute atomic E-state index is 0.0305. The molecule has 0 amide bonds. The van der Waals surface area contributed by atoms with Crippen LogP contribution in [0.5, 0.6) is 0 Å². The fraction of sp³-hybridized carbons (Fsp3) is 0.571. The smallest absolute Gasteiger partial charge is 0.241 e. The van der Waals surface area contributed by atoms with Crippen LogP contribution in [0.1, 0.15) is 38.3 Å². The lowest BCUT2D eigenvalue weighted by Gasteiger charge is -2.21. The van der Waals surface area contributed by atoms with Crippen molar-refractivity contribution in [1.82, 2.24) is 4.72 Å². The first-order valence-corrected chi connectivity index (χ1v) is 8.22. The number of rotatable bonds is 6. The van der Waals surface area contributed by atoms with Crippen LogP contribution in [-0.4, -0.2) is 14.5 Å². The van der Waals surface area contributed by atoms with E-state index in [1.165, 1.54) is 19.1 Å². The van der Waals surface area contributed by atoms with Gasteiger partial charge in [0.25, 0.3) is 0 Å². The highest BCUT2D eigenvalue weighted by Crippen LogP contribution is 2.21. The monoisotopic (exact) mass is 302 g/mol. The van der Waals surface area contributed by atoms with Gasteiger partial charge in [-0.3, -0.25) is 0 Å². The van der Waals surface area contributed by atoms with Gasteiger partial charge in [0.15, 0.2) is 0 Å². The zero-order valence-electron chi connectivity index (χ0n) is 12.4. The van der Waals surface area contributed by atoms with E-state index in [0.717, 1.165) is 0 Å². The first-order valence-electron chi connectivity index (χ1n) is 6.74. The van der Waals surface area contributed by atoms with Crippen molar-refractivity contribution in [3.63, 3.8) is 0 Å². The van der Waals surface area contributed by atoms with E-state index < -0.39 is 15.8 Å². The van der Waals surface area contributed by atoms with Crippen LogP contribution < -0.4 is 10.5 Å². The molecule has 3 N–H and O–H groups in total. The number of benzene rings is 1. The van der Waals surface area contributed by atoms with E-state index in [0.29, 0.717) is 12.0 Å². The van der Waals surface area contributed by atoms with Gasteiger partial charge in [0, 0.05) is 18.2 Å². The number of sulfonamides is 1. The summed E-state index contributed by atoms with van der Waals surface area (Å²) in [6, 6.07) is 2.53. The lowest BCUT2D eigenvalue weighted by molar-refractivity contribution is 0.437. The maximum Gasteiger partial charge on any atom is 0.241 e. The van der Waals surface area contributed by atoms with Crippen molar-refractivity contribution in [3.8, 4) is 0 Å². The lowest BCUT2D eigenvalue weighted by Crippen LogP contribution is -2.38. The first-order chi connectivity index (χ1) is 9.22. The van der Waals surface area contributed by atoms with E-state index in [1.807, 2.05) is 20.8 Å². The number of hydrogen-bond acceptors (Lipinski definition) is 3. The Morgan fingerprint density at radius 3 is 2.40 bits per heavy atom. The van der Waals surface area contributed by atoms with Crippen molar-refractivity contribution in [2.75, 3.05) is 0 Å². The van der Waals surface area contributed by atoms with Crippen molar-refractivity contribution < 1.29 is 12.8 Å². The summed E-state index contributed by atoms with van der Waals surface area (Å²) in [5.74, 6) is -0.386. The van der Waals surface area contributed by atoms with Gasteiger partial charge in [-0.1, -0.05) is 20.8 Å². The molecule has 1 atom stereocenters. The highest BCUT2D eigenvalue weighted by molar-refractivity contribution is 7.89. The van der Waals surface area contributed by atoms with Crippen molar-refractivity contribution in [2.24, 2.45) is 11.7 Å². The second-order valence-corrected chi connectivity index (χ2v) is 6.97. The van der Waals surface area contributed by atoms with Gasteiger partial charge in [-0.2, -0.15) is 0 Å². The van der Waals surface area contributed by atoms with Crippen LogP contribution in [0, 0.1) is 18.7 Å². The molecule has 114 valence electrons. The molecule has 0 bridgehead atoms. The van der Waals surface area contributed by atoms with Crippen LogP contribution in [0.15, 0.2) is 17.0 Å². The molecule has 0 saturated carbocycles. The van der Waals surface area contributed by atoms with Gasteiger partial charge in [-0.25, -0.2) is 17.5 Å². The van der Waals surface area contributed by atoms with Crippen LogP contribution in [0.3, 0.4) is 0 Å². The van der Waals surface area contributed by atoms with Crippen LogP contribution >= 0.6 is 0 Å². The Kier molecular flexibility index (Phi) is 5.68. The Balaban J connectivity index is 3.25. The molecule has 0 aliphatic rings. The van der Waals surface area contributed by atoms with Gasteiger partial charge in [0.1, 0.15) is 5.82 Å². The van der Waals surface area contributed by atoms with E-state index in [4.69, 9.17) is 5.73 Å². The van der Waals surface area contributed by atoms with Gasteiger partial charge >= 0.3 is 0 Å². The minimum Gasteiger partial charge on any atom is -0.326 e. The first kappa shape index (κ1) is 17.1. The molecule has 0 spiro atoms. The summed E-state index contributed by atoms with van der Waals surface area (Å²) in [5.41, 5.74) is 6.06. The molecular weight excluding hydrogens is 279 g/mol. The summed E-state index contributed by atoms with van der Waals surface area (Å²) in [6.07, 6.45) is 0.676. The molecule has 1 aromatic rings. The Morgan fingerprint density at radius 1 is 1.35 bits per heavy atom. The fourth-order valence-electron chi connectivity index (χ4n) is 2.06. The van der Waals surface area contributed by atoms with Crippen molar-refractivity contribution in [3.05, 3.63) is 29.1 Å². The maximum absolute atomic E-state index is 13.8. The zero-order valence-corrected chi connectivity index (χ0v) is 13.2. The van der Waals surface area contributed by atoms with E-state index in [1.54, 1.807) is 0 Å². The second-order valence-electron chi connectivity index (χ2n) is 5.28. The molecule has 0 aromatic heterocycles. The quantitative estimate of drug-likeness (QED) is 0.847. The van der Waals surface area contributed by atoms with Gasteiger partial charge in [0.05, 0.1) is 4.90 Å². The molecule has 0 aliphatic heterocycles. The Labute approximate surface area is 120 Å². The summed E-state index contributed by atoms with van der Waals surface area (Å²) in [7, 11) is -3.75. The average Bonchev–Trinajstić information content (AvgIpc) is 2.38. The van der Waals surface area contributed by atoms with Gasteiger partial charge in [-0.15, -0.1) is 0 Å². The van der Waals surface area contributed by atoms with Gasteiger partial charge < -0.3 is 5.73 Å². The second kappa shape index (κ2) is 6.65. The number of nitrogens with one attached hydrogen (secondary N) is 1. The highest BCUT2D eigenvalue weighted by atomic mass is 32.2. The normalized spacial score (nSPS) is 13.8. The van der Waals surface area contributed by atoms with Crippen LogP contribution in [0.2, 0.25) is 0 Å². The Morgan fingerprint density at radius 2 is 1.95 bits per heavy atom. The van der Waals surface area contributed by atoms with E-state index in [-0.39, 0.29) is 29.0 Å². The maximum atomic E-state index is 13.8. The number of hydrogen-bond donors (Lipinski definition) is 2. The van der Waals surface area contributed by atoms with Crippen molar-refractivity contribution in [2.45, 2.75) is 51.6 Å². The summed E-state index contributed by atoms with van der Waals surface area (Å²) >= 11 is 0. The molecular formula is C14H23FN2O2S. The predicted octanol–water partition coefficient (Wildman–Crippen LogP) is 2.31. The van der Waals surface area contributed by atoms with E-state index in [9.17, 15) is 12.8 Å². The van der Waals surface area contributed by atoms with E-state index >= 15 is 0 Å². The van der Waals surface area contributed by atoms with Gasteiger partial charge in [-0.05, 0) is 37.0 Å². The largest absolute Gasteiger partial charge is 0.326 e. The third kappa shape index (κ3) is 3.77. The topological polar surface area (TPSA) is 72.2 Å². The summed E-state index contributed by atoms with van der Waals surface area (Å²) in [6.45, 7) is 7.36. The average molecular weight is 302 g/mol. The third-order valence-corrected chi connectivity index (χ3v) is 5.05. The lowest BCUT2D eigenvalue weighted by atomic mass is 10.0. The molecule has 6 heteroatoms. The molecule has 4 nitrogen and oxygen atoms in total. The fourth-order valence-corrected chi connectivity index (χ4v) is 3.83. The Bertz CT molecular complexity index is 571. The summed E-state index contributed by atoms with van der Waals surface area (Å²) in [5, 5.41) is 0. The molecule has 20 heavy (non-hydrogen) atoms. The summed E-state index contributed by atoms with van der Waals surface area (Å²) < 4.78 is 41.3. The number of halogens is 1. The molecule has 0 radical (unpaired) electrons. The van der Waals surface area contributed by atoms with Crippen molar-refractivity contribution in [1.29, 1.82) is 0 Å². The molecule has 0 fully saturated rings. The van der Waals surface area contributed by atoms with E-state index in [2.05, 4.69) is 4.72 Å². The van der Waals surface area contributed by atoms with Crippen LogP contribution in [0.4, 0.5) is 4.39 Å². The highest BCUT2D eigenvalue weighted by Gasteiger charge is 2.24.